The number of hydrogen-bond acceptors (Lipinski definition) is 6. The van der Waals surface area contributed by atoms with Gasteiger partial charge < -0.3 is 26.2 Å². The minimum absolute atomic E-state index is 0.116. The predicted octanol–water partition coefficient (Wildman–Crippen LogP) is 6.36. The Hall–Kier alpha value is -0.950. The molecule has 0 amide bonds. The van der Waals surface area contributed by atoms with Crippen LogP contribution in [-0.2, 0) is 9.53 Å². The van der Waals surface area contributed by atoms with Crippen LogP contribution in [0.15, 0.2) is 11.6 Å². The Morgan fingerprint density at radius 1 is 1.00 bits per heavy atom. The van der Waals surface area contributed by atoms with Crippen LogP contribution in [0.4, 0.5) is 0 Å². The molecule has 0 heterocycles. The van der Waals surface area contributed by atoms with Crippen LogP contribution >= 0.6 is 0 Å². The summed E-state index contributed by atoms with van der Waals surface area (Å²) >= 11 is 0. The van der Waals surface area contributed by atoms with E-state index in [0.29, 0.717) is 23.7 Å². The largest absolute Gasteiger partial charge is 0.462 e. The fourth-order valence-corrected chi connectivity index (χ4v) is 10.1. The van der Waals surface area contributed by atoms with Crippen molar-refractivity contribution in [3.63, 3.8) is 0 Å². The smallest absolute Gasteiger partial charge is 0.302 e. The summed E-state index contributed by atoms with van der Waals surface area (Å²) in [5, 5.41) is 20.1. The van der Waals surface area contributed by atoms with E-state index in [0.717, 1.165) is 76.0 Å². The van der Waals surface area contributed by atoms with Crippen molar-refractivity contribution < 1.29 is 14.6 Å². The van der Waals surface area contributed by atoms with Crippen molar-refractivity contribution in [3.8, 4) is 0 Å². The Bertz CT molecular complexity index is 923. The molecule has 5 N–H and O–H groups in total. The zero-order chi connectivity index (χ0) is 30.5. The monoisotopic (exact) mass is 588 g/mol. The van der Waals surface area contributed by atoms with E-state index in [1.165, 1.54) is 51.9 Å². The second-order valence-electron chi connectivity index (χ2n) is 15.6. The molecule has 0 aliphatic heterocycles. The van der Waals surface area contributed by atoms with Crippen molar-refractivity contribution in [3.05, 3.63) is 11.6 Å². The molecule has 0 spiro atoms. The first-order valence-corrected chi connectivity index (χ1v) is 17.7. The minimum Gasteiger partial charge on any atom is -0.462 e. The molecule has 0 aromatic carbocycles. The average Bonchev–Trinajstić information content (AvgIpc) is 3.28. The van der Waals surface area contributed by atoms with E-state index < -0.39 is 5.60 Å². The molecule has 9 atom stereocenters. The third-order valence-electron chi connectivity index (χ3n) is 12.5. The van der Waals surface area contributed by atoms with Crippen LogP contribution in [0.25, 0.3) is 0 Å². The molecule has 0 radical (unpaired) electrons. The zero-order valence-electron chi connectivity index (χ0n) is 28.0. The molecule has 4 rings (SSSR count). The molecule has 0 bridgehead atoms. The van der Waals surface area contributed by atoms with Crippen LogP contribution in [0.1, 0.15) is 125 Å². The predicted molar refractivity (Wildman–Crippen MR) is 173 cm³/mol. The van der Waals surface area contributed by atoms with Gasteiger partial charge in [0.15, 0.2) is 0 Å². The molecule has 6 heteroatoms. The summed E-state index contributed by atoms with van der Waals surface area (Å²) in [6.45, 7) is 17.3. The Kier molecular flexibility index (Phi) is 11.7. The second-order valence-corrected chi connectivity index (χ2v) is 15.6. The molecule has 242 valence electrons. The van der Waals surface area contributed by atoms with E-state index in [2.05, 4.69) is 51.3 Å². The summed E-state index contributed by atoms with van der Waals surface area (Å²) in [5.74, 6) is 3.15. The Morgan fingerprint density at radius 3 is 2.48 bits per heavy atom. The van der Waals surface area contributed by atoms with E-state index in [1.807, 2.05) is 0 Å². The van der Waals surface area contributed by atoms with Crippen molar-refractivity contribution in [1.82, 2.24) is 10.6 Å². The van der Waals surface area contributed by atoms with Gasteiger partial charge in [-0.05, 0) is 119 Å². The summed E-state index contributed by atoms with van der Waals surface area (Å²) in [6, 6.07) is -0.116. The summed E-state index contributed by atoms with van der Waals surface area (Å²) in [6.07, 6.45) is 16.9. The second kappa shape index (κ2) is 14.4. The molecule has 0 aromatic rings. The van der Waals surface area contributed by atoms with Gasteiger partial charge >= 0.3 is 5.97 Å². The average molecular weight is 588 g/mol. The van der Waals surface area contributed by atoms with Crippen LogP contribution < -0.4 is 16.4 Å². The molecule has 3 unspecified atom stereocenters. The van der Waals surface area contributed by atoms with Crippen molar-refractivity contribution in [2.24, 2.45) is 46.2 Å². The third kappa shape index (κ3) is 6.97. The van der Waals surface area contributed by atoms with Crippen LogP contribution in [-0.4, -0.2) is 55.0 Å². The van der Waals surface area contributed by atoms with E-state index in [4.69, 9.17) is 10.5 Å². The van der Waals surface area contributed by atoms with Gasteiger partial charge in [0.1, 0.15) is 6.10 Å². The molecule has 4 aliphatic rings. The van der Waals surface area contributed by atoms with Crippen LogP contribution in [0.3, 0.4) is 0 Å². The van der Waals surface area contributed by atoms with Crippen molar-refractivity contribution in [1.29, 1.82) is 0 Å². The molecular weight excluding hydrogens is 522 g/mol. The van der Waals surface area contributed by atoms with E-state index >= 15 is 0 Å². The first-order chi connectivity index (χ1) is 20.0. The number of esters is 1. The van der Waals surface area contributed by atoms with Gasteiger partial charge in [-0.25, -0.2) is 0 Å². The number of hydrogen-bond donors (Lipinski definition) is 4. The number of carbonyl (C=O) groups is 1. The van der Waals surface area contributed by atoms with Crippen molar-refractivity contribution >= 4 is 5.97 Å². The molecule has 3 fully saturated rings. The van der Waals surface area contributed by atoms with Gasteiger partial charge in [0.25, 0.3) is 0 Å². The highest BCUT2D eigenvalue weighted by Gasteiger charge is 2.65. The number of nitrogens with one attached hydrogen (secondary N) is 2. The number of ether oxygens (including phenoxy) is 1. The molecule has 0 aromatic heterocycles. The van der Waals surface area contributed by atoms with E-state index in [-0.39, 0.29) is 23.5 Å². The first-order valence-electron chi connectivity index (χ1n) is 17.7. The Labute approximate surface area is 257 Å². The van der Waals surface area contributed by atoms with Gasteiger partial charge in [0.05, 0.1) is 11.6 Å². The SMILES string of the molecule is CC(=O)OC1CC[C@]2(C)[C@H]3CC[C@]4(C)[C@@H]([C@H](C)CCCC(C)C)CC[C@H]4C3=CC(NCCCNCCCCN)C2(O)C1. The standard InChI is InChI=1S/C36H65N3O3/c1-25(2)11-9-12-26(3)30-13-14-31-29-23-33(39-22-10-21-38-20-8-7-19-37)36(41)24-28(42-27(4)40)15-18-35(36,6)32(29)16-17-34(30,31)5/h23,25-26,28,30-33,38-39,41H,7-22,24,37H2,1-6H3/t26-,28?,30-,31+,32+,33?,34-,35-,36?/m1/s1. The molecular formula is C36H65N3O3. The molecule has 0 saturated heterocycles. The lowest BCUT2D eigenvalue weighted by atomic mass is 9.45. The van der Waals surface area contributed by atoms with Gasteiger partial charge in [-0.1, -0.05) is 65.5 Å². The highest BCUT2D eigenvalue weighted by Crippen LogP contribution is 2.67. The van der Waals surface area contributed by atoms with Gasteiger partial charge in [0.2, 0.25) is 0 Å². The van der Waals surface area contributed by atoms with E-state index in [1.54, 1.807) is 5.57 Å². The summed E-state index contributed by atoms with van der Waals surface area (Å²) < 4.78 is 5.73. The molecule has 4 aliphatic carbocycles. The Morgan fingerprint density at radius 2 is 1.76 bits per heavy atom. The lowest BCUT2D eigenvalue weighted by molar-refractivity contribution is -0.192. The number of nitrogens with two attached hydrogens (primary N) is 1. The summed E-state index contributed by atoms with van der Waals surface area (Å²) in [4.78, 5) is 11.9. The van der Waals surface area contributed by atoms with Gasteiger partial charge in [-0.15, -0.1) is 0 Å². The zero-order valence-corrected chi connectivity index (χ0v) is 28.0. The fraction of sp³-hybridized carbons (Fsp3) is 0.917. The minimum atomic E-state index is -0.927. The summed E-state index contributed by atoms with van der Waals surface area (Å²) in [7, 11) is 0. The number of unbranched alkanes of at least 4 members (excludes halogenated alkanes) is 1. The maximum Gasteiger partial charge on any atom is 0.302 e. The lowest BCUT2D eigenvalue weighted by Crippen LogP contribution is -2.68. The normalized spacial score (nSPS) is 38.4. The quantitative estimate of drug-likeness (QED) is 0.101. The maximum atomic E-state index is 12.7. The molecule has 6 nitrogen and oxygen atoms in total. The topological polar surface area (TPSA) is 96.6 Å². The highest BCUT2D eigenvalue weighted by atomic mass is 16.5. The highest BCUT2D eigenvalue weighted by molar-refractivity contribution is 5.66. The summed E-state index contributed by atoms with van der Waals surface area (Å²) in [5.41, 5.74) is 6.50. The van der Waals surface area contributed by atoms with Gasteiger partial charge in [-0.3, -0.25) is 4.79 Å². The van der Waals surface area contributed by atoms with Gasteiger partial charge in [-0.2, -0.15) is 0 Å². The molecule has 42 heavy (non-hydrogen) atoms. The van der Waals surface area contributed by atoms with Crippen molar-refractivity contribution in [2.45, 2.75) is 143 Å². The maximum absolute atomic E-state index is 12.7. The number of fused-ring (bicyclic) bond motifs is 5. The van der Waals surface area contributed by atoms with Crippen LogP contribution in [0.5, 0.6) is 0 Å². The van der Waals surface area contributed by atoms with E-state index in [9.17, 15) is 9.90 Å². The third-order valence-corrected chi connectivity index (χ3v) is 12.5. The lowest BCUT2D eigenvalue weighted by Gasteiger charge is -2.63. The molecule has 3 saturated carbocycles. The fourth-order valence-electron chi connectivity index (χ4n) is 10.1. The number of rotatable bonds is 15. The number of allylic oxidation sites excluding steroid dienone is 1. The van der Waals surface area contributed by atoms with Crippen LogP contribution in [0.2, 0.25) is 0 Å². The number of carbonyl (C=O) groups excluding carboxylic acids is 1. The van der Waals surface area contributed by atoms with Gasteiger partial charge in [0, 0.05) is 18.8 Å². The van der Waals surface area contributed by atoms with Crippen molar-refractivity contribution in [2.75, 3.05) is 26.2 Å². The number of aliphatic hydroxyl groups is 1. The Balaban J connectivity index is 1.53. The first kappa shape index (κ1) is 33.9. The van der Waals surface area contributed by atoms with Crippen LogP contribution in [0, 0.1) is 40.4 Å².